The van der Waals surface area contributed by atoms with E-state index in [1.807, 2.05) is 30.0 Å². The van der Waals surface area contributed by atoms with Crippen LogP contribution in [-0.2, 0) is 30.2 Å². The number of piperazine rings is 1. The zero-order chi connectivity index (χ0) is 19.4. The van der Waals surface area contributed by atoms with Gasteiger partial charge in [0.2, 0.25) is 6.79 Å². The molecule has 1 aromatic carbocycles. The molecular weight excluding hydrogens is 384 g/mol. The Balaban J connectivity index is 1.72. The molecular formula is C19H22N2O4S2. The van der Waals surface area contributed by atoms with Crippen molar-refractivity contribution in [3.05, 3.63) is 23.8 Å². The van der Waals surface area contributed by atoms with E-state index in [-0.39, 0.29) is 30.1 Å². The number of fused-ring (bicyclic) bond motifs is 2. The molecule has 0 aromatic heterocycles. The summed E-state index contributed by atoms with van der Waals surface area (Å²) < 4.78 is 11.0. The van der Waals surface area contributed by atoms with Crippen LogP contribution in [0, 0.1) is 5.41 Å². The molecule has 4 aliphatic rings. The molecule has 6 nitrogen and oxygen atoms in total. The molecule has 3 saturated heterocycles. The first kappa shape index (κ1) is 17.4. The molecule has 0 radical (unpaired) electrons. The van der Waals surface area contributed by atoms with E-state index in [0.29, 0.717) is 17.9 Å². The summed E-state index contributed by atoms with van der Waals surface area (Å²) in [5.74, 6) is 1.37. The molecule has 3 fully saturated rings. The molecule has 0 N–H and O–H groups in total. The Bertz CT molecular complexity index is 936. The van der Waals surface area contributed by atoms with Crippen LogP contribution in [0.15, 0.2) is 18.2 Å². The fraction of sp³-hybridized carbons (Fsp3) is 0.579. The van der Waals surface area contributed by atoms with Crippen LogP contribution < -0.4 is 9.47 Å². The maximum Gasteiger partial charge on any atom is 0.261 e. The van der Waals surface area contributed by atoms with Gasteiger partial charge in [-0.3, -0.25) is 9.59 Å². The fourth-order valence-corrected chi connectivity index (χ4v) is 8.80. The minimum absolute atomic E-state index is 0.00847. The molecule has 5 rings (SSSR count). The highest BCUT2D eigenvalue weighted by Gasteiger charge is 2.80. The predicted molar refractivity (Wildman–Crippen MR) is 104 cm³/mol. The van der Waals surface area contributed by atoms with Gasteiger partial charge in [-0.2, -0.15) is 0 Å². The van der Waals surface area contributed by atoms with Gasteiger partial charge in [-0.25, -0.2) is 0 Å². The second-order valence-electron chi connectivity index (χ2n) is 8.27. The highest BCUT2D eigenvalue weighted by atomic mass is 32.8. The average Bonchev–Trinajstić information content (AvgIpc) is 3.31. The van der Waals surface area contributed by atoms with Crippen LogP contribution in [-0.4, -0.2) is 45.2 Å². The molecule has 5 atom stereocenters. The molecule has 4 heterocycles. The van der Waals surface area contributed by atoms with Gasteiger partial charge >= 0.3 is 0 Å². The van der Waals surface area contributed by atoms with Gasteiger partial charge in [-0.1, -0.05) is 29.4 Å². The molecule has 1 aromatic rings. The van der Waals surface area contributed by atoms with Crippen molar-refractivity contribution in [3.63, 3.8) is 0 Å². The highest BCUT2D eigenvalue weighted by molar-refractivity contribution is 8.31. The lowest BCUT2D eigenvalue weighted by Gasteiger charge is -2.41. The smallest absolute Gasteiger partial charge is 0.261 e. The van der Waals surface area contributed by atoms with Gasteiger partial charge in [-0.05, 0) is 54.1 Å². The van der Waals surface area contributed by atoms with Crippen LogP contribution in [0.2, 0.25) is 0 Å². The molecule has 1 spiro atoms. The summed E-state index contributed by atoms with van der Waals surface area (Å²) in [5.41, 5.74) is 0.739. The van der Waals surface area contributed by atoms with Gasteiger partial charge in [0.05, 0.1) is 6.04 Å². The lowest BCUT2D eigenvalue weighted by atomic mass is 9.76. The lowest BCUT2D eigenvalue weighted by Crippen LogP contribution is -2.60. The van der Waals surface area contributed by atoms with Crippen LogP contribution >= 0.6 is 0 Å². The first-order chi connectivity index (χ1) is 12.7. The number of hydrogen-bond acceptors (Lipinski definition) is 5. The van der Waals surface area contributed by atoms with Crippen molar-refractivity contribution >= 4 is 32.5 Å². The normalized spacial score (nSPS) is 41.6. The van der Waals surface area contributed by atoms with E-state index in [1.54, 1.807) is 11.9 Å². The summed E-state index contributed by atoms with van der Waals surface area (Å²) in [7, 11) is 0.923. The number of carbonyl (C=O) groups excluding carboxylic acids is 2. The largest absolute Gasteiger partial charge is 0.454 e. The zero-order valence-corrected chi connectivity index (χ0v) is 17.4. The third-order valence-electron chi connectivity index (χ3n) is 7.03. The van der Waals surface area contributed by atoms with E-state index in [1.165, 1.54) is 0 Å². The third-order valence-corrected chi connectivity index (χ3v) is 11.1. The van der Waals surface area contributed by atoms with E-state index in [2.05, 4.69) is 13.8 Å². The summed E-state index contributed by atoms with van der Waals surface area (Å²) >= 11 is 5.87. The van der Waals surface area contributed by atoms with Crippen molar-refractivity contribution in [2.45, 2.75) is 49.4 Å². The Morgan fingerprint density at radius 2 is 1.93 bits per heavy atom. The van der Waals surface area contributed by atoms with Crippen molar-refractivity contribution < 1.29 is 19.1 Å². The number of amides is 2. The summed E-state index contributed by atoms with van der Waals surface area (Å²) in [6.45, 7) is 6.32. The summed E-state index contributed by atoms with van der Waals surface area (Å²) in [6, 6.07) is 5.63. The standard InChI is InChI=1S/C19H22N2O4S2/c1-5-17(2)9-19-16(23)20(4)18(3,27(19)26)15(22)21(19)14(17)11-6-7-12-13(8-11)25-10-24-12/h6-8,14H,5,9-10H2,1-4H3/t14-,17-,18-,19-,27?/m0/s1. The number of rotatable bonds is 2. The molecule has 0 saturated carbocycles. The van der Waals surface area contributed by atoms with Crippen molar-refractivity contribution in [2.24, 2.45) is 5.41 Å². The summed E-state index contributed by atoms with van der Waals surface area (Å²) in [6.07, 6.45) is 1.45. The van der Waals surface area contributed by atoms with Crippen molar-refractivity contribution in [1.29, 1.82) is 0 Å². The summed E-state index contributed by atoms with van der Waals surface area (Å²) in [5, 5.41) is 0. The topological polar surface area (TPSA) is 59.1 Å². The Kier molecular flexibility index (Phi) is 3.24. The van der Waals surface area contributed by atoms with Crippen molar-refractivity contribution in [1.82, 2.24) is 9.80 Å². The van der Waals surface area contributed by atoms with Crippen LogP contribution in [0.1, 0.15) is 45.2 Å². The van der Waals surface area contributed by atoms with Gasteiger partial charge in [-0.15, -0.1) is 0 Å². The maximum atomic E-state index is 13.6. The van der Waals surface area contributed by atoms with Crippen molar-refractivity contribution in [2.75, 3.05) is 13.8 Å². The summed E-state index contributed by atoms with van der Waals surface area (Å²) in [4.78, 5) is 28.5. The monoisotopic (exact) mass is 406 g/mol. The molecule has 2 amide bonds. The number of nitrogens with zero attached hydrogens (tertiary/aromatic N) is 2. The van der Waals surface area contributed by atoms with Crippen LogP contribution in [0.25, 0.3) is 0 Å². The predicted octanol–water partition coefficient (Wildman–Crippen LogP) is 2.08. The minimum atomic E-state index is -0.921. The quantitative estimate of drug-likeness (QED) is 0.753. The molecule has 8 heteroatoms. The average molecular weight is 407 g/mol. The lowest BCUT2D eigenvalue weighted by molar-refractivity contribution is -0.159. The number of ether oxygens (including phenoxy) is 2. The SMILES string of the molecule is CC[C@@]1(C)C[C@]23C(=O)N(C)[C@](C)(C(=O)N2[C@H]1c1ccc2c(c1)OCO2)S3=S. The van der Waals surface area contributed by atoms with E-state index >= 15 is 0 Å². The van der Waals surface area contributed by atoms with Gasteiger partial charge in [0.25, 0.3) is 11.8 Å². The molecule has 144 valence electrons. The van der Waals surface area contributed by atoms with Crippen LogP contribution in [0.3, 0.4) is 0 Å². The highest BCUT2D eigenvalue weighted by Crippen LogP contribution is 2.66. The number of hydrogen-bond donors (Lipinski definition) is 0. The second-order valence-corrected chi connectivity index (χ2v) is 11.3. The Labute approximate surface area is 165 Å². The van der Waals surface area contributed by atoms with E-state index < -0.39 is 19.2 Å². The van der Waals surface area contributed by atoms with E-state index in [4.69, 9.17) is 20.7 Å². The van der Waals surface area contributed by atoms with Gasteiger partial charge in [0.1, 0.15) is 0 Å². The number of carbonyl (C=O) groups is 2. The molecule has 1 unspecified atom stereocenters. The minimum Gasteiger partial charge on any atom is -0.454 e. The van der Waals surface area contributed by atoms with Gasteiger partial charge in [0.15, 0.2) is 21.2 Å². The Morgan fingerprint density at radius 3 is 2.63 bits per heavy atom. The maximum absolute atomic E-state index is 13.6. The molecule has 2 bridgehead atoms. The zero-order valence-electron chi connectivity index (χ0n) is 15.8. The van der Waals surface area contributed by atoms with Crippen LogP contribution in [0.5, 0.6) is 11.5 Å². The third kappa shape index (κ3) is 1.71. The first-order valence-electron chi connectivity index (χ1n) is 9.15. The molecule has 27 heavy (non-hydrogen) atoms. The first-order valence-corrected chi connectivity index (χ1v) is 11.3. The van der Waals surface area contributed by atoms with Crippen LogP contribution in [0.4, 0.5) is 0 Å². The number of likely N-dealkylation sites (N-methyl/N-ethyl adjacent to an activating group) is 1. The van der Waals surface area contributed by atoms with E-state index in [9.17, 15) is 9.59 Å². The van der Waals surface area contributed by atoms with Gasteiger partial charge in [0, 0.05) is 7.05 Å². The Morgan fingerprint density at radius 1 is 1.22 bits per heavy atom. The van der Waals surface area contributed by atoms with E-state index in [0.717, 1.165) is 12.0 Å². The Hall–Kier alpha value is -1.67. The van der Waals surface area contributed by atoms with Crippen molar-refractivity contribution in [3.8, 4) is 11.5 Å². The second kappa shape index (κ2) is 5.03. The molecule has 4 aliphatic heterocycles. The molecule has 0 aliphatic carbocycles. The van der Waals surface area contributed by atoms with Gasteiger partial charge < -0.3 is 19.3 Å². The number of benzene rings is 1. The fourth-order valence-electron chi connectivity index (χ4n) is 5.25.